The fourth-order valence-corrected chi connectivity index (χ4v) is 2.09. The Morgan fingerprint density at radius 3 is 2.65 bits per heavy atom. The molecule has 0 spiro atoms. The van der Waals surface area contributed by atoms with Crippen molar-refractivity contribution in [3.63, 3.8) is 0 Å². The van der Waals surface area contributed by atoms with E-state index in [-0.39, 0.29) is 17.7 Å². The number of nitro groups is 1. The summed E-state index contributed by atoms with van der Waals surface area (Å²) < 4.78 is 10.4. The van der Waals surface area contributed by atoms with E-state index in [9.17, 15) is 14.9 Å². The molecule has 108 valence electrons. The van der Waals surface area contributed by atoms with Crippen LogP contribution in [0.5, 0.6) is 5.75 Å². The van der Waals surface area contributed by atoms with Crippen LogP contribution in [-0.2, 0) is 16.0 Å². The molecule has 1 saturated carbocycles. The lowest BCUT2D eigenvalue weighted by Gasteiger charge is -2.16. The predicted octanol–water partition coefficient (Wildman–Crippen LogP) is 2.63. The molecule has 20 heavy (non-hydrogen) atoms. The van der Waals surface area contributed by atoms with Crippen molar-refractivity contribution in [2.45, 2.75) is 38.2 Å². The van der Waals surface area contributed by atoms with E-state index in [1.54, 1.807) is 12.1 Å². The van der Waals surface area contributed by atoms with Gasteiger partial charge in [-0.15, -0.1) is 0 Å². The van der Waals surface area contributed by atoms with Gasteiger partial charge in [-0.3, -0.25) is 14.9 Å². The highest BCUT2D eigenvalue weighted by atomic mass is 16.6. The molecule has 0 bridgehead atoms. The highest BCUT2D eigenvalue weighted by Gasteiger charge is 2.43. The SMILES string of the molecule is CCC1(Oc2ccc([N+](=O)[O-])c(CC(=O)OC)c2)CC1. The van der Waals surface area contributed by atoms with Gasteiger partial charge in [0.25, 0.3) is 5.69 Å². The first-order valence-electron chi connectivity index (χ1n) is 6.53. The fraction of sp³-hybridized carbons (Fsp3) is 0.500. The van der Waals surface area contributed by atoms with Crippen molar-refractivity contribution in [1.82, 2.24) is 0 Å². The third kappa shape index (κ3) is 3.07. The summed E-state index contributed by atoms with van der Waals surface area (Å²) in [6, 6.07) is 4.51. The molecule has 0 saturated heterocycles. The summed E-state index contributed by atoms with van der Waals surface area (Å²) in [5.74, 6) is 0.0516. The van der Waals surface area contributed by atoms with Gasteiger partial charge in [-0.05, 0) is 31.4 Å². The maximum atomic E-state index is 11.3. The summed E-state index contributed by atoms with van der Waals surface area (Å²) in [6.07, 6.45) is 2.75. The largest absolute Gasteiger partial charge is 0.487 e. The summed E-state index contributed by atoms with van der Waals surface area (Å²) in [6.45, 7) is 2.05. The maximum Gasteiger partial charge on any atom is 0.310 e. The van der Waals surface area contributed by atoms with Crippen LogP contribution in [0.4, 0.5) is 5.69 Å². The average molecular weight is 279 g/mol. The van der Waals surface area contributed by atoms with Crippen LogP contribution in [-0.4, -0.2) is 23.6 Å². The molecule has 0 atom stereocenters. The van der Waals surface area contributed by atoms with Crippen molar-refractivity contribution in [3.8, 4) is 5.75 Å². The summed E-state index contributed by atoms with van der Waals surface area (Å²) in [4.78, 5) is 21.8. The number of rotatable bonds is 6. The standard InChI is InChI=1S/C14H17NO5/c1-3-14(6-7-14)20-11-4-5-12(15(17)18)10(8-11)9-13(16)19-2/h4-5,8H,3,6-7,9H2,1-2H3. The molecule has 0 aromatic heterocycles. The Kier molecular flexibility index (Phi) is 3.92. The van der Waals surface area contributed by atoms with Crippen molar-refractivity contribution in [3.05, 3.63) is 33.9 Å². The van der Waals surface area contributed by atoms with Gasteiger partial charge in [0, 0.05) is 11.6 Å². The molecular weight excluding hydrogens is 262 g/mol. The minimum Gasteiger partial charge on any atom is -0.487 e. The number of methoxy groups -OCH3 is 1. The second-order valence-corrected chi connectivity index (χ2v) is 4.94. The number of hydrogen-bond donors (Lipinski definition) is 0. The van der Waals surface area contributed by atoms with Gasteiger partial charge < -0.3 is 9.47 Å². The molecule has 0 radical (unpaired) electrons. The normalized spacial score (nSPS) is 15.5. The van der Waals surface area contributed by atoms with Gasteiger partial charge >= 0.3 is 5.97 Å². The fourth-order valence-electron chi connectivity index (χ4n) is 2.09. The van der Waals surface area contributed by atoms with Crippen molar-refractivity contribution in [1.29, 1.82) is 0 Å². The van der Waals surface area contributed by atoms with E-state index in [4.69, 9.17) is 4.74 Å². The zero-order valence-electron chi connectivity index (χ0n) is 11.5. The van der Waals surface area contributed by atoms with E-state index in [0.717, 1.165) is 19.3 Å². The molecule has 2 rings (SSSR count). The van der Waals surface area contributed by atoms with E-state index < -0.39 is 10.9 Å². The number of nitrogens with zero attached hydrogens (tertiary/aromatic N) is 1. The third-order valence-corrected chi connectivity index (χ3v) is 3.60. The molecule has 0 N–H and O–H groups in total. The topological polar surface area (TPSA) is 78.7 Å². The van der Waals surface area contributed by atoms with Gasteiger partial charge in [-0.1, -0.05) is 6.92 Å². The molecule has 0 aliphatic heterocycles. The first kappa shape index (κ1) is 14.3. The zero-order chi connectivity index (χ0) is 14.8. The number of nitro benzene ring substituents is 1. The van der Waals surface area contributed by atoms with Crippen LogP contribution in [0.1, 0.15) is 31.7 Å². The van der Waals surface area contributed by atoms with Crippen LogP contribution in [0.3, 0.4) is 0 Å². The highest BCUT2D eigenvalue weighted by Crippen LogP contribution is 2.43. The van der Waals surface area contributed by atoms with E-state index in [1.165, 1.54) is 13.2 Å². The Balaban J connectivity index is 2.25. The number of hydrogen-bond acceptors (Lipinski definition) is 5. The second-order valence-electron chi connectivity index (χ2n) is 4.94. The highest BCUT2D eigenvalue weighted by molar-refractivity contribution is 5.74. The average Bonchev–Trinajstić information content (AvgIpc) is 3.19. The number of ether oxygens (including phenoxy) is 2. The molecule has 1 fully saturated rings. The monoisotopic (exact) mass is 279 g/mol. The third-order valence-electron chi connectivity index (χ3n) is 3.60. The molecule has 6 nitrogen and oxygen atoms in total. The van der Waals surface area contributed by atoms with Crippen molar-refractivity contribution >= 4 is 11.7 Å². The van der Waals surface area contributed by atoms with Gasteiger partial charge in [0.1, 0.15) is 11.4 Å². The van der Waals surface area contributed by atoms with Crippen LogP contribution >= 0.6 is 0 Å². The van der Waals surface area contributed by atoms with Crippen LogP contribution < -0.4 is 4.74 Å². The predicted molar refractivity (Wildman–Crippen MR) is 71.7 cm³/mol. The van der Waals surface area contributed by atoms with Gasteiger partial charge in [-0.25, -0.2) is 0 Å². The quantitative estimate of drug-likeness (QED) is 0.454. The minimum atomic E-state index is -0.512. The van der Waals surface area contributed by atoms with Crippen molar-refractivity contribution in [2.24, 2.45) is 0 Å². The first-order chi connectivity index (χ1) is 9.49. The van der Waals surface area contributed by atoms with Gasteiger partial charge in [0.05, 0.1) is 18.5 Å². The molecule has 0 amide bonds. The van der Waals surface area contributed by atoms with Crippen LogP contribution in [0.15, 0.2) is 18.2 Å². The first-order valence-corrected chi connectivity index (χ1v) is 6.53. The Hall–Kier alpha value is -2.11. The van der Waals surface area contributed by atoms with E-state index >= 15 is 0 Å². The molecule has 6 heteroatoms. The summed E-state index contributed by atoms with van der Waals surface area (Å²) in [7, 11) is 1.25. The molecule has 0 unspecified atom stereocenters. The van der Waals surface area contributed by atoms with Crippen LogP contribution in [0, 0.1) is 10.1 Å². The number of carbonyl (C=O) groups is 1. The molecule has 0 heterocycles. The molecular formula is C14H17NO5. The zero-order valence-corrected chi connectivity index (χ0v) is 11.5. The Bertz CT molecular complexity index is 536. The lowest BCUT2D eigenvalue weighted by atomic mass is 10.1. The summed E-state index contributed by atoms with van der Waals surface area (Å²) >= 11 is 0. The Morgan fingerprint density at radius 2 is 2.15 bits per heavy atom. The second kappa shape index (κ2) is 5.48. The van der Waals surface area contributed by atoms with Crippen molar-refractivity contribution in [2.75, 3.05) is 7.11 Å². The molecule has 1 aliphatic rings. The van der Waals surface area contributed by atoms with Crippen LogP contribution in [0.2, 0.25) is 0 Å². The smallest absolute Gasteiger partial charge is 0.310 e. The summed E-state index contributed by atoms with van der Waals surface area (Å²) in [5, 5.41) is 11.0. The van der Waals surface area contributed by atoms with E-state index in [2.05, 4.69) is 4.74 Å². The minimum absolute atomic E-state index is 0.0934. The van der Waals surface area contributed by atoms with Gasteiger partial charge in [0.2, 0.25) is 0 Å². The number of esters is 1. The molecule has 1 aliphatic carbocycles. The van der Waals surface area contributed by atoms with Crippen molar-refractivity contribution < 1.29 is 19.2 Å². The molecule has 1 aromatic carbocycles. The van der Waals surface area contributed by atoms with E-state index in [0.29, 0.717) is 11.3 Å². The lowest BCUT2D eigenvalue weighted by molar-refractivity contribution is -0.385. The molecule has 1 aromatic rings. The summed E-state index contributed by atoms with van der Waals surface area (Å²) in [5.41, 5.74) is 0.0916. The lowest BCUT2D eigenvalue weighted by Crippen LogP contribution is -2.16. The van der Waals surface area contributed by atoms with Gasteiger partial charge in [-0.2, -0.15) is 0 Å². The van der Waals surface area contributed by atoms with E-state index in [1.807, 2.05) is 6.92 Å². The Labute approximate surface area is 116 Å². The Morgan fingerprint density at radius 1 is 1.45 bits per heavy atom. The number of carbonyl (C=O) groups excluding carboxylic acids is 1. The maximum absolute atomic E-state index is 11.3. The number of benzene rings is 1. The van der Waals surface area contributed by atoms with Crippen LogP contribution in [0.25, 0.3) is 0 Å². The van der Waals surface area contributed by atoms with Gasteiger partial charge in [0.15, 0.2) is 0 Å².